The zero-order valence-electron chi connectivity index (χ0n) is 20.5. The third kappa shape index (κ3) is 6.76. The second kappa shape index (κ2) is 11.9. The molecule has 0 spiro atoms. The maximum atomic E-state index is 12.7. The summed E-state index contributed by atoms with van der Waals surface area (Å²) in [6.45, 7) is 4.58. The molecule has 12 heteroatoms. The number of carboxylic acid groups (broad SMARTS) is 1. The third-order valence-corrected chi connectivity index (χ3v) is 6.09. The van der Waals surface area contributed by atoms with Gasteiger partial charge in [0.1, 0.15) is 12.4 Å². The molecule has 4 rings (SSSR count). The average molecular weight is 534 g/mol. The highest BCUT2D eigenvalue weighted by Crippen LogP contribution is 2.31. The number of carbonyl (C=O) groups excluding carboxylic acids is 2. The van der Waals surface area contributed by atoms with E-state index in [1.165, 1.54) is 0 Å². The summed E-state index contributed by atoms with van der Waals surface area (Å²) < 4.78 is 37.7. The number of nitrogens with zero attached hydrogens (tertiary/aromatic N) is 2. The Morgan fingerprint density at radius 3 is 2.42 bits per heavy atom. The van der Waals surface area contributed by atoms with Crippen LogP contribution in [0.15, 0.2) is 54.6 Å². The number of aromatic nitrogens is 1. The molecule has 0 aliphatic carbocycles. The lowest BCUT2D eigenvalue weighted by Crippen LogP contribution is -2.36. The first-order chi connectivity index (χ1) is 17.9. The number of amides is 2. The van der Waals surface area contributed by atoms with Crippen LogP contribution in [0, 0.1) is 18.8 Å². The monoisotopic (exact) mass is 533 g/mol. The van der Waals surface area contributed by atoms with E-state index in [0.717, 1.165) is 27.8 Å². The molecule has 2 amide bonds. The predicted octanol–water partition coefficient (Wildman–Crippen LogP) is 4.25. The minimum absolute atomic E-state index is 0.108. The number of hydrogen-bond acceptors (Lipinski definition) is 6. The SMILES string of the molecule is Cc1cc(COc2ccc(N3CC[C@H]([C@H](C)C(=O)NO)C3=O)cc2)c2ccccc2n1.O=C(O)C(F)(F)F. The molecule has 3 aromatic rings. The van der Waals surface area contributed by atoms with Crippen molar-refractivity contribution in [3.05, 3.63) is 65.9 Å². The molecule has 0 saturated carbocycles. The van der Waals surface area contributed by atoms with Gasteiger partial charge in [-0.2, -0.15) is 13.2 Å². The normalized spacial score (nSPS) is 16.0. The maximum Gasteiger partial charge on any atom is 0.490 e. The fourth-order valence-electron chi connectivity index (χ4n) is 4.10. The maximum absolute atomic E-state index is 12.7. The molecule has 0 bridgehead atoms. The number of para-hydroxylation sites is 1. The molecule has 38 heavy (non-hydrogen) atoms. The van der Waals surface area contributed by atoms with Crippen LogP contribution < -0.4 is 15.1 Å². The van der Waals surface area contributed by atoms with E-state index in [-0.39, 0.29) is 5.91 Å². The number of hydrogen-bond donors (Lipinski definition) is 3. The van der Waals surface area contributed by atoms with Gasteiger partial charge in [-0.1, -0.05) is 25.1 Å². The molecule has 2 atom stereocenters. The first-order valence-corrected chi connectivity index (χ1v) is 11.6. The lowest BCUT2D eigenvalue weighted by molar-refractivity contribution is -0.192. The molecular weight excluding hydrogens is 507 g/mol. The topological polar surface area (TPSA) is 129 Å². The van der Waals surface area contributed by atoms with Crippen LogP contribution in [0.4, 0.5) is 18.9 Å². The van der Waals surface area contributed by atoms with Gasteiger partial charge in [-0.3, -0.25) is 19.8 Å². The zero-order valence-corrected chi connectivity index (χ0v) is 20.5. The number of alkyl halides is 3. The van der Waals surface area contributed by atoms with Crippen molar-refractivity contribution in [1.29, 1.82) is 0 Å². The summed E-state index contributed by atoms with van der Waals surface area (Å²) in [6.07, 6.45) is -4.51. The quantitative estimate of drug-likeness (QED) is 0.319. The number of carboxylic acids is 1. The third-order valence-electron chi connectivity index (χ3n) is 6.09. The van der Waals surface area contributed by atoms with Crippen molar-refractivity contribution < 1.29 is 42.6 Å². The second-order valence-corrected chi connectivity index (χ2v) is 8.68. The van der Waals surface area contributed by atoms with Crippen LogP contribution in [0.1, 0.15) is 24.6 Å². The van der Waals surface area contributed by atoms with Gasteiger partial charge in [0.05, 0.1) is 11.4 Å². The zero-order chi connectivity index (χ0) is 28.0. The summed E-state index contributed by atoms with van der Waals surface area (Å²) in [4.78, 5) is 39.5. The van der Waals surface area contributed by atoms with Crippen LogP contribution in [0.3, 0.4) is 0 Å². The molecule has 1 aliphatic heterocycles. The number of rotatable bonds is 6. The van der Waals surface area contributed by atoms with Crippen LogP contribution in [-0.2, 0) is 21.0 Å². The highest BCUT2D eigenvalue weighted by atomic mass is 19.4. The van der Waals surface area contributed by atoms with Crippen molar-refractivity contribution >= 4 is 34.4 Å². The molecule has 3 N–H and O–H groups in total. The van der Waals surface area contributed by atoms with Gasteiger partial charge < -0.3 is 14.7 Å². The molecule has 0 radical (unpaired) electrons. The first-order valence-electron chi connectivity index (χ1n) is 11.6. The Kier molecular flexibility index (Phi) is 8.89. The number of nitrogens with one attached hydrogen (secondary N) is 1. The molecule has 1 aromatic heterocycles. The number of benzene rings is 2. The summed E-state index contributed by atoms with van der Waals surface area (Å²) in [7, 11) is 0. The molecule has 2 heterocycles. The standard InChI is InChI=1S/C24H25N3O4.C2HF3O2/c1-15-13-17(21-5-3-4-6-22(21)25-15)14-31-19-9-7-18(8-10-19)27-12-11-20(24(27)29)16(2)23(28)26-30;3-2(4,5)1(6)7/h3-10,13,16,20,30H,11-12,14H2,1-2H3,(H,26,28);(H,6,7)/t16-,20+;/m0./s1. The Balaban J connectivity index is 0.000000505. The highest BCUT2D eigenvalue weighted by molar-refractivity contribution is 5.99. The summed E-state index contributed by atoms with van der Waals surface area (Å²) in [5.41, 5.74) is 5.36. The van der Waals surface area contributed by atoms with Crippen LogP contribution in [0.2, 0.25) is 0 Å². The van der Waals surface area contributed by atoms with Gasteiger partial charge >= 0.3 is 12.1 Å². The van der Waals surface area contributed by atoms with E-state index >= 15 is 0 Å². The van der Waals surface area contributed by atoms with Crippen LogP contribution >= 0.6 is 0 Å². The van der Waals surface area contributed by atoms with Gasteiger partial charge in [-0.15, -0.1) is 0 Å². The van der Waals surface area contributed by atoms with Crippen LogP contribution in [-0.4, -0.2) is 45.8 Å². The van der Waals surface area contributed by atoms with E-state index in [2.05, 4.69) is 4.98 Å². The second-order valence-electron chi connectivity index (χ2n) is 8.68. The summed E-state index contributed by atoms with van der Waals surface area (Å²) in [5, 5.41) is 17.0. The largest absolute Gasteiger partial charge is 0.490 e. The number of anilines is 1. The number of pyridine rings is 1. The van der Waals surface area contributed by atoms with E-state index in [0.29, 0.717) is 25.3 Å². The van der Waals surface area contributed by atoms with E-state index in [4.69, 9.17) is 19.8 Å². The Labute approximate surface area is 215 Å². The van der Waals surface area contributed by atoms with E-state index in [1.54, 1.807) is 17.3 Å². The lowest BCUT2D eigenvalue weighted by atomic mass is 9.92. The molecule has 0 unspecified atom stereocenters. The van der Waals surface area contributed by atoms with Crippen molar-refractivity contribution in [2.24, 2.45) is 11.8 Å². The molecular formula is C26H26F3N3O6. The van der Waals surface area contributed by atoms with Crippen LogP contribution in [0.25, 0.3) is 10.9 Å². The van der Waals surface area contributed by atoms with Gasteiger partial charge in [0.2, 0.25) is 11.8 Å². The fraction of sp³-hybridized carbons (Fsp3) is 0.308. The Morgan fingerprint density at radius 1 is 1.18 bits per heavy atom. The van der Waals surface area contributed by atoms with Crippen molar-refractivity contribution in [3.8, 4) is 5.75 Å². The van der Waals surface area contributed by atoms with Gasteiger partial charge in [0.15, 0.2) is 0 Å². The van der Waals surface area contributed by atoms with Crippen molar-refractivity contribution in [2.75, 3.05) is 11.4 Å². The van der Waals surface area contributed by atoms with Gasteiger partial charge in [-0.05, 0) is 49.7 Å². The number of fused-ring (bicyclic) bond motifs is 1. The molecule has 1 aliphatic rings. The number of aliphatic carboxylic acids is 1. The van der Waals surface area contributed by atoms with E-state index in [9.17, 15) is 22.8 Å². The summed E-state index contributed by atoms with van der Waals surface area (Å²) in [6, 6.07) is 17.4. The average Bonchev–Trinajstić information content (AvgIpc) is 3.27. The number of hydroxylamine groups is 1. The Hall–Kier alpha value is -4.19. The number of carbonyl (C=O) groups is 3. The summed E-state index contributed by atoms with van der Waals surface area (Å²) >= 11 is 0. The van der Waals surface area contributed by atoms with Gasteiger partial charge in [0, 0.05) is 34.8 Å². The minimum atomic E-state index is -5.08. The van der Waals surface area contributed by atoms with Gasteiger partial charge in [-0.25, -0.2) is 10.3 Å². The molecule has 9 nitrogen and oxygen atoms in total. The number of aryl methyl sites for hydroxylation is 1. The highest BCUT2D eigenvalue weighted by Gasteiger charge is 2.39. The van der Waals surface area contributed by atoms with E-state index < -0.39 is 29.9 Å². The smallest absolute Gasteiger partial charge is 0.489 e. The van der Waals surface area contributed by atoms with Crippen molar-refractivity contribution in [1.82, 2.24) is 10.5 Å². The molecule has 1 saturated heterocycles. The number of halogens is 3. The fourth-order valence-corrected chi connectivity index (χ4v) is 4.10. The van der Waals surface area contributed by atoms with Crippen LogP contribution in [0.5, 0.6) is 5.75 Å². The first kappa shape index (κ1) is 28.4. The Morgan fingerprint density at radius 2 is 1.82 bits per heavy atom. The molecule has 2 aromatic carbocycles. The van der Waals surface area contributed by atoms with Crippen molar-refractivity contribution in [2.45, 2.75) is 33.1 Å². The van der Waals surface area contributed by atoms with E-state index in [1.807, 2.05) is 61.5 Å². The lowest BCUT2D eigenvalue weighted by Gasteiger charge is -2.19. The summed E-state index contributed by atoms with van der Waals surface area (Å²) in [5.74, 6) is -3.72. The van der Waals surface area contributed by atoms with Crippen molar-refractivity contribution in [3.63, 3.8) is 0 Å². The minimum Gasteiger partial charge on any atom is -0.489 e. The predicted molar refractivity (Wildman–Crippen MR) is 130 cm³/mol. The van der Waals surface area contributed by atoms with Gasteiger partial charge in [0.25, 0.3) is 0 Å². The number of ether oxygens (including phenoxy) is 1. The molecule has 1 fully saturated rings. The molecule has 202 valence electrons. The Bertz CT molecular complexity index is 1310.